The molecule has 0 N–H and O–H groups in total. The van der Waals surface area contributed by atoms with Crippen molar-refractivity contribution in [2.75, 3.05) is 0 Å². The molecule has 2 heterocycles. The van der Waals surface area contributed by atoms with E-state index in [1.54, 1.807) is 17.0 Å². The van der Waals surface area contributed by atoms with Crippen LogP contribution in [0.4, 0.5) is 4.39 Å². The highest BCUT2D eigenvalue weighted by molar-refractivity contribution is 9.10. The van der Waals surface area contributed by atoms with Crippen molar-refractivity contribution >= 4 is 21.8 Å². The van der Waals surface area contributed by atoms with E-state index in [0.29, 0.717) is 36.7 Å². The Morgan fingerprint density at radius 1 is 1.23 bits per heavy atom. The van der Waals surface area contributed by atoms with Crippen LogP contribution < -0.4 is 0 Å². The summed E-state index contributed by atoms with van der Waals surface area (Å²) in [6, 6.07) is 13.6. The predicted octanol–water partition coefficient (Wildman–Crippen LogP) is 4.50. The number of hydrogen-bond acceptors (Lipinski definition) is 4. The Hall–Kier alpha value is -2.54. The van der Waals surface area contributed by atoms with Crippen molar-refractivity contribution in [1.29, 1.82) is 0 Å². The van der Waals surface area contributed by atoms with Crippen molar-refractivity contribution in [2.45, 2.75) is 25.4 Å². The fraction of sp³-hybridized carbons (Fsp3) is 0.211. The van der Waals surface area contributed by atoms with Gasteiger partial charge in [0, 0.05) is 23.0 Å². The molecule has 1 aliphatic rings. The summed E-state index contributed by atoms with van der Waals surface area (Å²) in [6.45, 7) is 0.473. The number of benzene rings is 2. The monoisotopic (exact) mass is 415 g/mol. The molecule has 7 heteroatoms. The lowest BCUT2D eigenvalue weighted by atomic mass is 10.1. The van der Waals surface area contributed by atoms with E-state index < -0.39 is 0 Å². The lowest BCUT2D eigenvalue weighted by molar-refractivity contribution is -0.129. The van der Waals surface area contributed by atoms with Gasteiger partial charge in [-0.25, -0.2) is 4.39 Å². The molecular weight excluding hydrogens is 401 g/mol. The number of halogens is 2. The molecule has 1 aromatic heterocycles. The van der Waals surface area contributed by atoms with E-state index in [-0.39, 0.29) is 17.8 Å². The average Bonchev–Trinajstić information content (AvgIpc) is 3.23. The first-order valence-corrected chi connectivity index (χ1v) is 9.03. The van der Waals surface area contributed by atoms with Crippen molar-refractivity contribution in [3.8, 4) is 11.4 Å². The quantitative estimate of drug-likeness (QED) is 0.629. The van der Waals surface area contributed by atoms with Crippen molar-refractivity contribution < 1.29 is 13.7 Å². The molecule has 1 amide bonds. The normalized spacial score (nSPS) is 17.1. The summed E-state index contributed by atoms with van der Waals surface area (Å²) in [5, 5.41) is 3.95. The topological polar surface area (TPSA) is 59.2 Å². The summed E-state index contributed by atoms with van der Waals surface area (Å²) in [7, 11) is 0. The molecule has 0 bridgehead atoms. The van der Waals surface area contributed by atoms with Crippen LogP contribution in [-0.4, -0.2) is 20.9 Å². The molecule has 0 saturated carbocycles. The van der Waals surface area contributed by atoms with E-state index in [2.05, 4.69) is 26.1 Å². The number of carbonyl (C=O) groups is 1. The van der Waals surface area contributed by atoms with E-state index in [0.717, 1.165) is 10.0 Å². The van der Waals surface area contributed by atoms with Crippen LogP contribution in [0.2, 0.25) is 0 Å². The fourth-order valence-electron chi connectivity index (χ4n) is 3.14. The van der Waals surface area contributed by atoms with E-state index in [1.807, 2.05) is 24.3 Å². The van der Waals surface area contributed by atoms with Crippen LogP contribution in [0.15, 0.2) is 57.5 Å². The number of likely N-dealkylation sites (tertiary alicyclic amines) is 1. The maximum absolute atomic E-state index is 13.4. The first-order chi connectivity index (χ1) is 12.6. The number of nitrogens with zero attached hydrogens (tertiary/aromatic N) is 3. The zero-order valence-corrected chi connectivity index (χ0v) is 15.3. The zero-order valence-electron chi connectivity index (χ0n) is 13.7. The van der Waals surface area contributed by atoms with Crippen LogP contribution >= 0.6 is 15.9 Å². The van der Waals surface area contributed by atoms with Gasteiger partial charge in [0.2, 0.25) is 17.6 Å². The van der Waals surface area contributed by atoms with E-state index in [9.17, 15) is 9.18 Å². The van der Waals surface area contributed by atoms with Crippen molar-refractivity contribution in [3.05, 3.63) is 70.3 Å². The molecule has 3 aromatic rings. The number of amides is 1. The minimum Gasteiger partial charge on any atom is -0.337 e. The van der Waals surface area contributed by atoms with Gasteiger partial charge in [0.25, 0.3) is 0 Å². The molecule has 0 aliphatic carbocycles. The van der Waals surface area contributed by atoms with Crippen LogP contribution in [0.5, 0.6) is 0 Å². The molecule has 0 radical (unpaired) electrons. The maximum Gasteiger partial charge on any atom is 0.249 e. The molecule has 26 heavy (non-hydrogen) atoms. The maximum atomic E-state index is 13.4. The average molecular weight is 416 g/mol. The Morgan fingerprint density at radius 3 is 2.88 bits per heavy atom. The molecule has 1 fully saturated rings. The van der Waals surface area contributed by atoms with Gasteiger partial charge >= 0.3 is 0 Å². The molecule has 1 atom stereocenters. The summed E-state index contributed by atoms with van der Waals surface area (Å²) in [6.07, 6.45) is 1.06. The lowest BCUT2D eigenvalue weighted by Crippen LogP contribution is -2.27. The van der Waals surface area contributed by atoms with Crippen LogP contribution in [0.3, 0.4) is 0 Å². The van der Waals surface area contributed by atoms with Gasteiger partial charge in [-0.1, -0.05) is 45.4 Å². The van der Waals surface area contributed by atoms with Gasteiger partial charge < -0.3 is 9.42 Å². The minimum atomic E-state index is -0.360. The summed E-state index contributed by atoms with van der Waals surface area (Å²) in [4.78, 5) is 18.5. The Labute approximate surface area is 158 Å². The van der Waals surface area contributed by atoms with Gasteiger partial charge in [0.15, 0.2) is 0 Å². The minimum absolute atomic E-state index is 0.0560. The third-order valence-corrected chi connectivity index (χ3v) is 4.87. The van der Waals surface area contributed by atoms with E-state index in [4.69, 9.17) is 4.52 Å². The first-order valence-electron chi connectivity index (χ1n) is 8.23. The number of carbonyl (C=O) groups excluding carboxylic acids is 1. The van der Waals surface area contributed by atoms with Gasteiger partial charge in [-0.3, -0.25) is 4.79 Å². The van der Waals surface area contributed by atoms with Crippen molar-refractivity contribution in [3.63, 3.8) is 0 Å². The smallest absolute Gasteiger partial charge is 0.249 e. The van der Waals surface area contributed by atoms with Crippen LogP contribution in [0.1, 0.15) is 30.3 Å². The van der Waals surface area contributed by atoms with Gasteiger partial charge in [-0.2, -0.15) is 4.98 Å². The summed E-state index contributed by atoms with van der Waals surface area (Å²) in [5.41, 5.74) is 1.56. The Kier molecular flexibility index (Phi) is 4.55. The molecule has 132 valence electrons. The fourth-order valence-corrected chi connectivity index (χ4v) is 3.58. The predicted molar refractivity (Wildman–Crippen MR) is 96.4 cm³/mol. The summed E-state index contributed by atoms with van der Waals surface area (Å²) >= 11 is 3.45. The van der Waals surface area contributed by atoms with E-state index in [1.165, 1.54) is 12.1 Å². The molecule has 0 spiro atoms. The van der Waals surface area contributed by atoms with Crippen molar-refractivity contribution in [1.82, 2.24) is 15.0 Å². The van der Waals surface area contributed by atoms with Gasteiger partial charge in [0.05, 0.1) is 0 Å². The van der Waals surface area contributed by atoms with Crippen LogP contribution in [0.25, 0.3) is 11.4 Å². The van der Waals surface area contributed by atoms with Crippen LogP contribution in [-0.2, 0) is 11.3 Å². The third kappa shape index (κ3) is 3.39. The molecule has 1 saturated heterocycles. The number of aromatic nitrogens is 2. The number of rotatable bonds is 4. The molecule has 1 unspecified atom stereocenters. The zero-order chi connectivity index (χ0) is 18.1. The SMILES string of the molecule is O=C1CCC(c2nc(-c3cccc(F)c3)no2)N1Cc1cccc(Br)c1. The van der Waals surface area contributed by atoms with Gasteiger partial charge in [0.1, 0.15) is 11.9 Å². The summed E-state index contributed by atoms with van der Waals surface area (Å²) < 4.78 is 19.8. The second-order valence-corrected chi connectivity index (χ2v) is 7.09. The lowest BCUT2D eigenvalue weighted by Gasteiger charge is -2.22. The molecule has 5 nitrogen and oxygen atoms in total. The first kappa shape index (κ1) is 16.9. The second-order valence-electron chi connectivity index (χ2n) is 6.17. The molecule has 1 aliphatic heterocycles. The summed E-state index contributed by atoms with van der Waals surface area (Å²) in [5.74, 6) is 0.396. The molecule has 4 rings (SSSR count). The Bertz CT molecular complexity index is 959. The third-order valence-electron chi connectivity index (χ3n) is 4.38. The van der Waals surface area contributed by atoms with Gasteiger partial charge in [-0.05, 0) is 36.2 Å². The molecule has 2 aromatic carbocycles. The van der Waals surface area contributed by atoms with Crippen molar-refractivity contribution in [2.24, 2.45) is 0 Å². The Balaban J connectivity index is 1.59. The molecular formula is C19H15BrFN3O2. The highest BCUT2D eigenvalue weighted by Gasteiger charge is 2.36. The highest BCUT2D eigenvalue weighted by atomic mass is 79.9. The highest BCUT2D eigenvalue weighted by Crippen LogP contribution is 2.34. The number of hydrogen-bond donors (Lipinski definition) is 0. The largest absolute Gasteiger partial charge is 0.337 e. The van der Waals surface area contributed by atoms with E-state index >= 15 is 0 Å². The van der Waals surface area contributed by atoms with Crippen LogP contribution in [0, 0.1) is 5.82 Å². The second kappa shape index (κ2) is 6.99. The van der Waals surface area contributed by atoms with Gasteiger partial charge in [-0.15, -0.1) is 0 Å². The standard InChI is InChI=1S/C19H15BrFN3O2/c20-14-5-1-3-12(9-14)11-24-16(7-8-17(24)25)19-22-18(23-26-19)13-4-2-6-15(21)10-13/h1-6,9-10,16H,7-8,11H2. The Morgan fingerprint density at radius 2 is 2.08 bits per heavy atom.